The number of hydrogen-bond donors (Lipinski definition) is 2. The highest BCUT2D eigenvalue weighted by Crippen LogP contribution is 2.11. The molecule has 1 aromatic carbocycles. The molecule has 1 fully saturated rings. The van der Waals surface area contributed by atoms with Gasteiger partial charge in [-0.3, -0.25) is 10.6 Å². The molecule has 0 aliphatic carbocycles. The second kappa shape index (κ2) is 4.96. The molecule has 1 aliphatic heterocycles. The number of carbonyl (C=O) groups is 1. The van der Waals surface area contributed by atoms with E-state index in [0.717, 1.165) is 5.69 Å². The maximum atomic E-state index is 12.0. The average Bonchev–Trinajstić information content (AvgIpc) is 2.39. The molecule has 0 saturated carbocycles. The first-order valence-electron chi connectivity index (χ1n) is 5.25. The number of rotatable bonds is 2. The van der Waals surface area contributed by atoms with E-state index in [2.05, 4.69) is 5.43 Å². The predicted molar refractivity (Wildman–Crippen MR) is 61.0 cm³/mol. The minimum atomic E-state index is 0.0480. The van der Waals surface area contributed by atoms with Crippen LogP contribution in [0, 0.1) is 0 Å². The van der Waals surface area contributed by atoms with Gasteiger partial charge in [0, 0.05) is 24.3 Å². The third-order valence-electron chi connectivity index (χ3n) is 2.60. The molecule has 2 rings (SSSR count). The summed E-state index contributed by atoms with van der Waals surface area (Å²) in [6.07, 6.45) is 0. The number of ether oxygens (including phenoxy) is 1. The zero-order valence-corrected chi connectivity index (χ0v) is 8.98. The van der Waals surface area contributed by atoms with Gasteiger partial charge in [0.05, 0.1) is 13.2 Å². The summed E-state index contributed by atoms with van der Waals surface area (Å²) >= 11 is 0. The number of benzene rings is 1. The Labute approximate surface area is 94.1 Å². The SMILES string of the molecule is NNc1ccc(C(=O)N2CCOCC2)cc1. The molecule has 1 heterocycles. The van der Waals surface area contributed by atoms with Crippen LogP contribution in [0.3, 0.4) is 0 Å². The van der Waals surface area contributed by atoms with Crippen LogP contribution in [-0.2, 0) is 4.74 Å². The number of hydrazine groups is 1. The largest absolute Gasteiger partial charge is 0.378 e. The summed E-state index contributed by atoms with van der Waals surface area (Å²) in [6.45, 7) is 2.56. The van der Waals surface area contributed by atoms with Gasteiger partial charge in [-0.15, -0.1) is 0 Å². The standard InChI is InChI=1S/C11H15N3O2/c12-13-10-3-1-9(2-4-10)11(15)14-5-7-16-8-6-14/h1-4,13H,5-8,12H2. The van der Waals surface area contributed by atoms with Gasteiger partial charge in [-0.25, -0.2) is 0 Å². The second-order valence-electron chi connectivity index (χ2n) is 3.63. The molecule has 1 amide bonds. The van der Waals surface area contributed by atoms with E-state index in [1.807, 2.05) is 0 Å². The summed E-state index contributed by atoms with van der Waals surface area (Å²) in [6, 6.07) is 7.11. The maximum absolute atomic E-state index is 12.0. The van der Waals surface area contributed by atoms with Crippen LogP contribution in [0.5, 0.6) is 0 Å². The monoisotopic (exact) mass is 221 g/mol. The van der Waals surface area contributed by atoms with Crippen LogP contribution in [0.2, 0.25) is 0 Å². The highest BCUT2D eigenvalue weighted by Gasteiger charge is 2.17. The fourth-order valence-electron chi connectivity index (χ4n) is 1.66. The smallest absolute Gasteiger partial charge is 0.254 e. The number of morpholine rings is 1. The van der Waals surface area contributed by atoms with E-state index in [1.165, 1.54) is 0 Å². The molecule has 0 unspecified atom stereocenters. The molecule has 1 aliphatic rings. The molecule has 0 radical (unpaired) electrons. The zero-order valence-electron chi connectivity index (χ0n) is 8.98. The van der Waals surface area contributed by atoms with Crippen LogP contribution in [-0.4, -0.2) is 37.1 Å². The first-order chi connectivity index (χ1) is 7.81. The molecular weight excluding hydrogens is 206 g/mol. The van der Waals surface area contributed by atoms with E-state index >= 15 is 0 Å². The molecule has 0 aromatic heterocycles. The second-order valence-corrected chi connectivity index (χ2v) is 3.63. The average molecular weight is 221 g/mol. The molecule has 0 bridgehead atoms. The maximum Gasteiger partial charge on any atom is 0.254 e. The Bertz CT molecular complexity index is 358. The number of nitrogens with two attached hydrogens (primary N) is 1. The van der Waals surface area contributed by atoms with E-state index in [-0.39, 0.29) is 5.91 Å². The van der Waals surface area contributed by atoms with Crippen molar-refractivity contribution in [1.82, 2.24) is 4.90 Å². The molecule has 86 valence electrons. The number of hydrogen-bond acceptors (Lipinski definition) is 4. The van der Waals surface area contributed by atoms with Crippen LogP contribution in [0.15, 0.2) is 24.3 Å². The molecule has 5 heteroatoms. The Balaban J connectivity index is 2.07. The number of anilines is 1. The van der Waals surface area contributed by atoms with E-state index < -0.39 is 0 Å². The van der Waals surface area contributed by atoms with Gasteiger partial charge >= 0.3 is 0 Å². The van der Waals surface area contributed by atoms with Crippen LogP contribution >= 0.6 is 0 Å². The predicted octanol–water partition coefficient (Wildman–Crippen LogP) is 0.445. The summed E-state index contributed by atoms with van der Waals surface area (Å²) in [5.41, 5.74) is 4.00. The first kappa shape index (κ1) is 10.9. The van der Waals surface area contributed by atoms with Crippen molar-refractivity contribution in [3.8, 4) is 0 Å². The van der Waals surface area contributed by atoms with Gasteiger partial charge < -0.3 is 15.1 Å². The van der Waals surface area contributed by atoms with Crippen molar-refractivity contribution in [3.63, 3.8) is 0 Å². The van der Waals surface area contributed by atoms with E-state index in [0.29, 0.717) is 31.9 Å². The normalized spacial score (nSPS) is 15.9. The van der Waals surface area contributed by atoms with Crippen molar-refractivity contribution in [2.24, 2.45) is 5.84 Å². The number of nitrogen functional groups attached to an aromatic ring is 1. The molecule has 16 heavy (non-hydrogen) atoms. The van der Waals surface area contributed by atoms with Gasteiger partial charge in [0.25, 0.3) is 5.91 Å². The number of nitrogens with zero attached hydrogens (tertiary/aromatic N) is 1. The fraction of sp³-hybridized carbons (Fsp3) is 0.364. The molecular formula is C11H15N3O2. The summed E-state index contributed by atoms with van der Waals surface area (Å²) in [7, 11) is 0. The van der Waals surface area contributed by atoms with Gasteiger partial charge in [0.1, 0.15) is 0 Å². The number of nitrogens with one attached hydrogen (secondary N) is 1. The van der Waals surface area contributed by atoms with Gasteiger partial charge in [-0.05, 0) is 24.3 Å². The highest BCUT2D eigenvalue weighted by molar-refractivity contribution is 5.94. The minimum absolute atomic E-state index is 0.0480. The van der Waals surface area contributed by atoms with E-state index in [1.54, 1.807) is 29.2 Å². The van der Waals surface area contributed by atoms with Gasteiger partial charge in [-0.1, -0.05) is 0 Å². The first-order valence-corrected chi connectivity index (χ1v) is 5.25. The van der Waals surface area contributed by atoms with Crippen LogP contribution in [0.1, 0.15) is 10.4 Å². The Morgan fingerprint density at radius 3 is 2.44 bits per heavy atom. The molecule has 0 spiro atoms. The van der Waals surface area contributed by atoms with Crippen molar-refractivity contribution in [3.05, 3.63) is 29.8 Å². The third kappa shape index (κ3) is 2.32. The zero-order chi connectivity index (χ0) is 11.4. The summed E-state index contributed by atoms with van der Waals surface area (Å²) in [4.78, 5) is 13.8. The quantitative estimate of drug-likeness (QED) is 0.562. The molecule has 1 saturated heterocycles. The van der Waals surface area contributed by atoms with Crippen molar-refractivity contribution in [1.29, 1.82) is 0 Å². The lowest BCUT2D eigenvalue weighted by Gasteiger charge is -2.26. The van der Waals surface area contributed by atoms with Crippen LogP contribution < -0.4 is 11.3 Å². The number of amides is 1. The third-order valence-corrected chi connectivity index (χ3v) is 2.60. The van der Waals surface area contributed by atoms with Gasteiger partial charge in [0.15, 0.2) is 0 Å². The Morgan fingerprint density at radius 1 is 1.25 bits per heavy atom. The molecule has 3 N–H and O–H groups in total. The summed E-state index contributed by atoms with van der Waals surface area (Å²) < 4.78 is 5.20. The Kier molecular flexibility index (Phi) is 3.38. The lowest BCUT2D eigenvalue weighted by molar-refractivity contribution is 0.0303. The summed E-state index contributed by atoms with van der Waals surface area (Å²) in [5, 5.41) is 0. The topological polar surface area (TPSA) is 67.6 Å². The van der Waals surface area contributed by atoms with Crippen molar-refractivity contribution in [2.45, 2.75) is 0 Å². The van der Waals surface area contributed by atoms with Crippen LogP contribution in [0.25, 0.3) is 0 Å². The van der Waals surface area contributed by atoms with Gasteiger partial charge in [0.2, 0.25) is 0 Å². The Morgan fingerprint density at radius 2 is 1.88 bits per heavy atom. The minimum Gasteiger partial charge on any atom is -0.378 e. The van der Waals surface area contributed by atoms with Gasteiger partial charge in [-0.2, -0.15) is 0 Å². The lowest BCUT2D eigenvalue weighted by atomic mass is 10.2. The van der Waals surface area contributed by atoms with Crippen LogP contribution in [0.4, 0.5) is 5.69 Å². The van der Waals surface area contributed by atoms with E-state index in [9.17, 15) is 4.79 Å². The lowest BCUT2D eigenvalue weighted by Crippen LogP contribution is -2.40. The molecule has 0 atom stereocenters. The molecule has 1 aromatic rings. The highest BCUT2D eigenvalue weighted by atomic mass is 16.5. The number of carbonyl (C=O) groups excluding carboxylic acids is 1. The fourth-order valence-corrected chi connectivity index (χ4v) is 1.66. The summed E-state index contributed by atoms with van der Waals surface area (Å²) in [5.74, 6) is 5.30. The molecule has 5 nitrogen and oxygen atoms in total. The van der Waals surface area contributed by atoms with Crippen molar-refractivity contribution < 1.29 is 9.53 Å². The Hall–Kier alpha value is -1.59. The van der Waals surface area contributed by atoms with Crippen molar-refractivity contribution >= 4 is 11.6 Å². The van der Waals surface area contributed by atoms with Crippen molar-refractivity contribution in [2.75, 3.05) is 31.7 Å². The van der Waals surface area contributed by atoms with E-state index in [4.69, 9.17) is 10.6 Å².